The highest BCUT2D eigenvalue weighted by atomic mass is 19.1. The van der Waals surface area contributed by atoms with Gasteiger partial charge in [0.05, 0.1) is 12.2 Å². The average Bonchev–Trinajstić information content (AvgIpc) is 2.44. The third-order valence-corrected chi connectivity index (χ3v) is 4.04. The van der Waals surface area contributed by atoms with E-state index in [1.807, 2.05) is 0 Å². The van der Waals surface area contributed by atoms with E-state index < -0.39 is 0 Å². The van der Waals surface area contributed by atoms with Crippen LogP contribution in [0.25, 0.3) is 0 Å². The molecule has 2 rings (SSSR count). The van der Waals surface area contributed by atoms with Gasteiger partial charge in [-0.2, -0.15) is 0 Å². The fraction of sp³-hybridized carbons (Fsp3) is 0.667. The van der Waals surface area contributed by atoms with Gasteiger partial charge in [0.2, 0.25) is 0 Å². The fourth-order valence-electron chi connectivity index (χ4n) is 2.80. The molecule has 1 saturated heterocycles. The molecule has 2 atom stereocenters. The van der Waals surface area contributed by atoms with E-state index in [0.29, 0.717) is 0 Å². The molecule has 2 heterocycles. The van der Waals surface area contributed by atoms with Crippen molar-refractivity contribution in [1.29, 1.82) is 0 Å². The zero-order valence-electron chi connectivity index (χ0n) is 12.6. The second kappa shape index (κ2) is 7.11. The van der Waals surface area contributed by atoms with Crippen LogP contribution in [0.3, 0.4) is 0 Å². The predicted molar refractivity (Wildman–Crippen MR) is 79.1 cm³/mol. The van der Waals surface area contributed by atoms with E-state index in [1.165, 1.54) is 6.20 Å². The Balaban J connectivity index is 2.24. The maximum atomic E-state index is 14.1. The Morgan fingerprint density at radius 3 is 2.95 bits per heavy atom. The van der Waals surface area contributed by atoms with Gasteiger partial charge in [-0.1, -0.05) is 6.92 Å². The number of hydrogen-bond donors (Lipinski definition) is 1. The first-order valence-corrected chi connectivity index (χ1v) is 7.35. The molecule has 0 bridgehead atoms. The number of halogens is 1. The monoisotopic (exact) mass is 280 g/mol. The Bertz CT molecular complexity index is 426. The molecular formula is C15H25FN4. The van der Waals surface area contributed by atoms with Crippen molar-refractivity contribution < 1.29 is 4.39 Å². The van der Waals surface area contributed by atoms with E-state index in [-0.39, 0.29) is 17.9 Å². The Hall–Kier alpha value is -1.04. The average molecular weight is 280 g/mol. The Morgan fingerprint density at radius 1 is 1.45 bits per heavy atom. The SMILES string of the molecule is CCCNC(c1ccncc1F)C1CN(C)CCN1C. The zero-order valence-corrected chi connectivity index (χ0v) is 12.6. The molecule has 0 spiro atoms. The van der Waals surface area contributed by atoms with Crippen LogP contribution in [0.2, 0.25) is 0 Å². The smallest absolute Gasteiger partial charge is 0.146 e. The Morgan fingerprint density at radius 2 is 2.25 bits per heavy atom. The van der Waals surface area contributed by atoms with Crippen LogP contribution in [0.15, 0.2) is 18.5 Å². The number of nitrogens with one attached hydrogen (secondary N) is 1. The summed E-state index contributed by atoms with van der Waals surface area (Å²) in [7, 11) is 4.25. The molecule has 4 nitrogen and oxygen atoms in total. The van der Waals surface area contributed by atoms with Gasteiger partial charge in [0, 0.05) is 37.4 Å². The predicted octanol–water partition coefficient (Wildman–Crippen LogP) is 1.51. The van der Waals surface area contributed by atoms with Crippen LogP contribution in [-0.2, 0) is 0 Å². The molecule has 0 aromatic carbocycles. The summed E-state index contributed by atoms with van der Waals surface area (Å²) >= 11 is 0. The molecule has 1 aromatic heterocycles. The molecule has 2 unspecified atom stereocenters. The molecule has 112 valence electrons. The molecule has 0 radical (unpaired) electrons. The van der Waals surface area contributed by atoms with E-state index in [4.69, 9.17) is 0 Å². The number of pyridine rings is 1. The van der Waals surface area contributed by atoms with Crippen LogP contribution in [0.5, 0.6) is 0 Å². The van der Waals surface area contributed by atoms with Gasteiger partial charge in [-0.15, -0.1) is 0 Å². The molecule has 0 aliphatic carbocycles. The first kappa shape index (κ1) is 15.4. The van der Waals surface area contributed by atoms with E-state index in [2.05, 4.69) is 41.1 Å². The largest absolute Gasteiger partial charge is 0.309 e. The quantitative estimate of drug-likeness (QED) is 0.886. The number of hydrogen-bond acceptors (Lipinski definition) is 4. The minimum absolute atomic E-state index is 0.00528. The summed E-state index contributed by atoms with van der Waals surface area (Å²) in [4.78, 5) is 8.50. The lowest BCUT2D eigenvalue weighted by Gasteiger charge is -2.42. The lowest BCUT2D eigenvalue weighted by molar-refractivity contribution is 0.0866. The molecule has 0 saturated carbocycles. The summed E-state index contributed by atoms with van der Waals surface area (Å²) in [6.07, 6.45) is 4.02. The Labute approximate surface area is 121 Å². The van der Waals surface area contributed by atoms with Crippen LogP contribution >= 0.6 is 0 Å². The van der Waals surface area contributed by atoms with Crippen LogP contribution in [0, 0.1) is 5.82 Å². The van der Waals surface area contributed by atoms with Crippen LogP contribution < -0.4 is 5.32 Å². The van der Waals surface area contributed by atoms with Crippen molar-refractivity contribution in [3.8, 4) is 0 Å². The first-order chi connectivity index (χ1) is 9.63. The summed E-state index contributed by atoms with van der Waals surface area (Å²) in [6.45, 7) is 6.04. The van der Waals surface area contributed by atoms with Crippen LogP contribution in [0.1, 0.15) is 24.9 Å². The topological polar surface area (TPSA) is 31.4 Å². The molecule has 1 N–H and O–H groups in total. The van der Waals surface area contributed by atoms with Gasteiger partial charge in [0.1, 0.15) is 5.82 Å². The van der Waals surface area contributed by atoms with Gasteiger partial charge in [-0.05, 0) is 33.1 Å². The van der Waals surface area contributed by atoms with Crippen molar-refractivity contribution in [2.75, 3.05) is 40.3 Å². The molecule has 1 fully saturated rings. The van der Waals surface area contributed by atoms with Gasteiger partial charge >= 0.3 is 0 Å². The van der Waals surface area contributed by atoms with Crippen molar-refractivity contribution in [3.63, 3.8) is 0 Å². The van der Waals surface area contributed by atoms with Gasteiger partial charge in [-0.3, -0.25) is 9.88 Å². The standard InChI is InChI=1S/C15H25FN4/c1-4-6-18-15(12-5-7-17-10-13(12)16)14-11-19(2)8-9-20(14)3/h5,7,10,14-15,18H,4,6,8-9,11H2,1-3H3. The minimum Gasteiger partial charge on any atom is -0.309 e. The number of likely N-dealkylation sites (N-methyl/N-ethyl adjacent to an activating group) is 2. The molecule has 1 aromatic rings. The molecule has 20 heavy (non-hydrogen) atoms. The van der Waals surface area contributed by atoms with Crippen molar-refractivity contribution in [2.45, 2.75) is 25.4 Å². The highest BCUT2D eigenvalue weighted by Crippen LogP contribution is 2.25. The normalized spacial score (nSPS) is 22.9. The fourth-order valence-corrected chi connectivity index (χ4v) is 2.80. The third-order valence-electron chi connectivity index (χ3n) is 4.04. The van der Waals surface area contributed by atoms with Crippen molar-refractivity contribution in [2.24, 2.45) is 0 Å². The molecule has 0 amide bonds. The lowest BCUT2D eigenvalue weighted by Crippen LogP contribution is -2.55. The van der Waals surface area contributed by atoms with Gasteiger partial charge in [0.25, 0.3) is 0 Å². The summed E-state index contributed by atoms with van der Waals surface area (Å²) in [6, 6.07) is 2.08. The first-order valence-electron chi connectivity index (χ1n) is 7.35. The lowest BCUT2D eigenvalue weighted by atomic mass is 9.96. The van der Waals surface area contributed by atoms with Gasteiger partial charge in [-0.25, -0.2) is 4.39 Å². The van der Waals surface area contributed by atoms with E-state index in [1.54, 1.807) is 12.3 Å². The number of rotatable bonds is 5. The number of piperazine rings is 1. The van der Waals surface area contributed by atoms with E-state index in [0.717, 1.165) is 38.2 Å². The maximum absolute atomic E-state index is 14.1. The second-order valence-corrected chi connectivity index (χ2v) is 5.64. The number of aromatic nitrogens is 1. The van der Waals surface area contributed by atoms with E-state index >= 15 is 0 Å². The minimum atomic E-state index is -0.220. The maximum Gasteiger partial charge on any atom is 0.146 e. The van der Waals surface area contributed by atoms with E-state index in [9.17, 15) is 4.39 Å². The van der Waals surface area contributed by atoms with Crippen LogP contribution in [-0.4, -0.2) is 61.1 Å². The highest BCUT2D eigenvalue weighted by molar-refractivity contribution is 5.20. The Kier molecular flexibility index (Phi) is 5.46. The molecule has 1 aliphatic heterocycles. The third kappa shape index (κ3) is 3.53. The van der Waals surface area contributed by atoms with Crippen molar-refractivity contribution in [3.05, 3.63) is 29.8 Å². The molecule has 1 aliphatic rings. The number of nitrogens with zero attached hydrogens (tertiary/aromatic N) is 3. The van der Waals surface area contributed by atoms with Crippen molar-refractivity contribution in [1.82, 2.24) is 20.1 Å². The summed E-state index contributed by atoms with van der Waals surface area (Å²) < 4.78 is 14.1. The second-order valence-electron chi connectivity index (χ2n) is 5.64. The van der Waals surface area contributed by atoms with Gasteiger partial charge in [0.15, 0.2) is 0 Å². The van der Waals surface area contributed by atoms with Crippen molar-refractivity contribution >= 4 is 0 Å². The summed E-state index contributed by atoms with van der Waals surface area (Å²) in [5.41, 5.74) is 0.723. The summed E-state index contributed by atoms with van der Waals surface area (Å²) in [5.74, 6) is -0.220. The zero-order chi connectivity index (χ0) is 14.5. The molecule has 5 heteroatoms. The highest BCUT2D eigenvalue weighted by Gasteiger charge is 2.31. The molecular weight excluding hydrogens is 255 g/mol. The van der Waals surface area contributed by atoms with Crippen LogP contribution in [0.4, 0.5) is 4.39 Å². The summed E-state index contributed by atoms with van der Waals surface area (Å²) in [5, 5.41) is 3.51. The van der Waals surface area contributed by atoms with Gasteiger partial charge < -0.3 is 10.2 Å².